The second-order valence-electron chi connectivity index (χ2n) is 6.20. The van der Waals surface area contributed by atoms with Gasteiger partial charge in [-0.15, -0.1) is 0 Å². The van der Waals surface area contributed by atoms with E-state index in [2.05, 4.69) is 34.9 Å². The first-order valence-corrected chi connectivity index (χ1v) is 8.39. The monoisotopic (exact) mass is 347 g/mol. The Morgan fingerprint density at radius 3 is 2.27 bits per heavy atom. The van der Waals surface area contributed by atoms with Crippen molar-refractivity contribution >= 4 is 39.6 Å². The smallest absolute Gasteiger partial charge is 0.243 e. The number of rotatable bonds is 5. The van der Waals surface area contributed by atoms with Gasteiger partial charge in [-0.05, 0) is 41.1 Å². The molecule has 3 aromatic carbocycles. The first kappa shape index (κ1) is 17.5. The highest BCUT2D eigenvalue weighted by Crippen LogP contribution is 2.21. The van der Waals surface area contributed by atoms with Crippen molar-refractivity contribution in [2.45, 2.75) is 6.92 Å². The number of likely N-dealkylation sites (N-methyl/N-ethyl adjacent to an activating group) is 1. The van der Waals surface area contributed by atoms with Crippen molar-refractivity contribution in [1.82, 2.24) is 0 Å². The van der Waals surface area contributed by atoms with E-state index >= 15 is 0 Å². The van der Waals surface area contributed by atoms with Crippen LogP contribution in [0.25, 0.3) is 10.8 Å². The Morgan fingerprint density at radius 1 is 0.846 bits per heavy atom. The molecule has 5 nitrogen and oxygen atoms in total. The quantitative estimate of drug-likeness (QED) is 0.736. The topological polar surface area (TPSA) is 61.4 Å². The molecule has 0 saturated carbocycles. The SMILES string of the molecule is CC(=O)Nc1cccc(NC(=O)CN(C)c2ccc3ccccc3c2)c1. The zero-order chi connectivity index (χ0) is 18.5. The van der Waals surface area contributed by atoms with Gasteiger partial charge in [0.15, 0.2) is 0 Å². The van der Waals surface area contributed by atoms with Crippen LogP contribution in [0, 0.1) is 0 Å². The molecule has 0 spiro atoms. The van der Waals surface area contributed by atoms with Gasteiger partial charge < -0.3 is 15.5 Å². The van der Waals surface area contributed by atoms with Gasteiger partial charge in [-0.1, -0.05) is 36.4 Å². The highest BCUT2D eigenvalue weighted by atomic mass is 16.2. The maximum atomic E-state index is 12.4. The largest absolute Gasteiger partial charge is 0.365 e. The molecule has 0 saturated heterocycles. The molecule has 0 unspecified atom stereocenters. The highest BCUT2D eigenvalue weighted by Gasteiger charge is 2.09. The Kier molecular flexibility index (Phi) is 5.17. The molecular weight excluding hydrogens is 326 g/mol. The summed E-state index contributed by atoms with van der Waals surface area (Å²) in [6.45, 7) is 1.67. The third kappa shape index (κ3) is 4.39. The van der Waals surface area contributed by atoms with Gasteiger partial charge in [0.2, 0.25) is 11.8 Å². The Labute approximate surface area is 152 Å². The number of carbonyl (C=O) groups is 2. The summed E-state index contributed by atoms with van der Waals surface area (Å²) in [5.74, 6) is -0.273. The number of nitrogens with zero attached hydrogens (tertiary/aromatic N) is 1. The van der Waals surface area contributed by atoms with Gasteiger partial charge >= 0.3 is 0 Å². The van der Waals surface area contributed by atoms with Gasteiger partial charge in [0.1, 0.15) is 0 Å². The van der Waals surface area contributed by atoms with Crippen molar-refractivity contribution in [3.63, 3.8) is 0 Å². The van der Waals surface area contributed by atoms with Crippen LogP contribution in [0.3, 0.4) is 0 Å². The number of amides is 2. The minimum absolute atomic E-state index is 0.124. The Morgan fingerprint density at radius 2 is 1.54 bits per heavy atom. The van der Waals surface area contributed by atoms with E-state index in [-0.39, 0.29) is 18.4 Å². The van der Waals surface area contributed by atoms with Gasteiger partial charge in [0, 0.05) is 31.0 Å². The number of fused-ring (bicyclic) bond motifs is 1. The lowest BCUT2D eigenvalue weighted by Crippen LogP contribution is -2.30. The van der Waals surface area contributed by atoms with Gasteiger partial charge in [-0.25, -0.2) is 0 Å². The molecule has 0 radical (unpaired) electrons. The van der Waals surface area contributed by atoms with E-state index in [1.165, 1.54) is 12.3 Å². The van der Waals surface area contributed by atoms with Gasteiger partial charge in [0.25, 0.3) is 0 Å². The maximum absolute atomic E-state index is 12.4. The summed E-state index contributed by atoms with van der Waals surface area (Å²) in [6, 6.07) is 21.3. The molecule has 0 aromatic heterocycles. The number of hydrogen-bond donors (Lipinski definition) is 2. The molecule has 0 bridgehead atoms. The van der Waals surface area contributed by atoms with Crippen LogP contribution < -0.4 is 15.5 Å². The molecule has 26 heavy (non-hydrogen) atoms. The third-order valence-corrected chi connectivity index (χ3v) is 4.02. The minimum Gasteiger partial charge on any atom is -0.365 e. The second-order valence-corrected chi connectivity index (χ2v) is 6.20. The molecule has 0 aliphatic carbocycles. The first-order valence-electron chi connectivity index (χ1n) is 8.39. The summed E-state index contributed by atoms with van der Waals surface area (Å²) < 4.78 is 0. The molecule has 0 atom stereocenters. The molecule has 3 aromatic rings. The Bertz CT molecular complexity index is 953. The van der Waals surface area contributed by atoms with E-state index in [4.69, 9.17) is 0 Å². The van der Waals surface area contributed by atoms with Crippen molar-refractivity contribution in [1.29, 1.82) is 0 Å². The van der Waals surface area contributed by atoms with Gasteiger partial charge in [0.05, 0.1) is 6.54 Å². The predicted octanol–water partition coefficient (Wildman–Crippen LogP) is 3.87. The lowest BCUT2D eigenvalue weighted by atomic mass is 10.1. The van der Waals surface area contributed by atoms with E-state index < -0.39 is 0 Å². The summed E-state index contributed by atoms with van der Waals surface area (Å²) in [4.78, 5) is 25.4. The van der Waals surface area contributed by atoms with Crippen molar-refractivity contribution < 1.29 is 9.59 Å². The summed E-state index contributed by atoms with van der Waals surface area (Å²) in [5.41, 5.74) is 2.28. The molecule has 5 heteroatoms. The number of anilines is 3. The van der Waals surface area contributed by atoms with Crippen LogP contribution in [0.2, 0.25) is 0 Å². The zero-order valence-electron chi connectivity index (χ0n) is 14.8. The fourth-order valence-electron chi connectivity index (χ4n) is 2.80. The summed E-state index contributed by atoms with van der Waals surface area (Å²) in [5, 5.41) is 7.87. The highest BCUT2D eigenvalue weighted by molar-refractivity contribution is 5.96. The zero-order valence-corrected chi connectivity index (χ0v) is 14.8. The van der Waals surface area contributed by atoms with Crippen LogP contribution in [-0.2, 0) is 9.59 Å². The summed E-state index contributed by atoms with van der Waals surface area (Å²) >= 11 is 0. The average Bonchev–Trinajstić information content (AvgIpc) is 2.61. The molecule has 0 aliphatic heterocycles. The minimum atomic E-state index is -0.149. The lowest BCUT2D eigenvalue weighted by molar-refractivity contribution is -0.115. The van der Waals surface area contributed by atoms with E-state index in [1.807, 2.05) is 30.1 Å². The average molecular weight is 347 g/mol. The van der Waals surface area contributed by atoms with Crippen LogP contribution in [-0.4, -0.2) is 25.4 Å². The first-order chi connectivity index (χ1) is 12.5. The number of hydrogen-bond acceptors (Lipinski definition) is 3. The number of nitrogens with one attached hydrogen (secondary N) is 2. The van der Waals surface area contributed by atoms with Gasteiger partial charge in [-0.3, -0.25) is 9.59 Å². The fraction of sp³-hybridized carbons (Fsp3) is 0.143. The Balaban J connectivity index is 1.66. The molecule has 0 heterocycles. The van der Waals surface area contributed by atoms with Crippen molar-refractivity contribution in [2.75, 3.05) is 29.1 Å². The second kappa shape index (κ2) is 7.70. The van der Waals surface area contributed by atoms with Crippen molar-refractivity contribution in [3.05, 3.63) is 66.7 Å². The Hall–Kier alpha value is -3.34. The van der Waals surface area contributed by atoms with Crippen LogP contribution in [0.5, 0.6) is 0 Å². The molecule has 2 N–H and O–H groups in total. The molecule has 132 valence electrons. The van der Waals surface area contributed by atoms with Crippen LogP contribution >= 0.6 is 0 Å². The van der Waals surface area contributed by atoms with Crippen LogP contribution in [0.1, 0.15) is 6.92 Å². The number of carbonyl (C=O) groups excluding carboxylic acids is 2. The van der Waals surface area contributed by atoms with E-state index in [9.17, 15) is 9.59 Å². The molecule has 2 amide bonds. The molecular formula is C21H21N3O2. The van der Waals surface area contributed by atoms with Crippen molar-refractivity contribution in [2.24, 2.45) is 0 Å². The van der Waals surface area contributed by atoms with Crippen LogP contribution in [0.4, 0.5) is 17.1 Å². The normalized spacial score (nSPS) is 10.4. The van der Waals surface area contributed by atoms with E-state index in [0.717, 1.165) is 11.1 Å². The van der Waals surface area contributed by atoms with Crippen molar-refractivity contribution in [3.8, 4) is 0 Å². The van der Waals surface area contributed by atoms with E-state index in [0.29, 0.717) is 11.4 Å². The summed E-state index contributed by atoms with van der Waals surface area (Å²) in [7, 11) is 1.89. The number of benzene rings is 3. The standard InChI is InChI=1S/C21H21N3O2/c1-15(25)22-18-8-5-9-19(13-18)23-21(26)14-24(2)20-11-10-16-6-3-4-7-17(16)12-20/h3-13H,14H2,1-2H3,(H,22,25)(H,23,26). The molecule has 0 fully saturated rings. The lowest BCUT2D eigenvalue weighted by Gasteiger charge is -2.19. The van der Waals surface area contributed by atoms with Crippen LogP contribution in [0.15, 0.2) is 66.7 Å². The fourth-order valence-corrected chi connectivity index (χ4v) is 2.80. The summed E-state index contributed by atoms with van der Waals surface area (Å²) in [6.07, 6.45) is 0. The molecule has 3 rings (SSSR count). The maximum Gasteiger partial charge on any atom is 0.243 e. The van der Waals surface area contributed by atoms with Gasteiger partial charge in [-0.2, -0.15) is 0 Å². The molecule has 0 aliphatic rings. The van der Waals surface area contributed by atoms with E-state index in [1.54, 1.807) is 24.3 Å². The predicted molar refractivity (Wildman–Crippen MR) is 107 cm³/mol. The third-order valence-electron chi connectivity index (χ3n) is 4.02.